The second-order valence-corrected chi connectivity index (χ2v) is 6.65. The maximum absolute atomic E-state index is 12.5. The molecule has 3 N–H and O–H groups in total. The molecule has 0 aliphatic rings. The van der Waals surface area contributed by atoms with Gasteiger partial charge in [-0.25, -0.2) is 4.98 Å². The van der Waals surface area contributed by atoms with Crippen molar-refractivity contribution in [3.63, 3.8) is 0 Å². The summed E-state index contributed by atoms with van der Waals surface area (Å²) in [5, 5.41) is 9.79. The number of carbonyl (C=O) groups is 2. The summed E-state index contributed by atoms with van der Waals surface area (Å²) < 4.78 is 0. The van der Waals surface area contributed by atoms with Gasteiger partial charge in [0.2, 0.25) is 5.91 Å². The van der Waals surface area contributed by atoms with Gasteiger partial charge in [0.15, 0.2) is 0 Å². The number of nitrogens with one attached hydrogen (secondary N) is 3. The largest absolute Gasteiger partial charge is 0.352 e. The minimum Gasteiger partial charge on any atom is -0.352 e. The molecule has 0 unspecified atom stereocenters. The Bertz CT molecular complexity index is 1220. The van der Waals surface area contributed by atoms with Crippen molar-refractivity contribution in [2.24, 2.45) is 0 Å². The van der Waals surface area contributed by atoms with Gasteiger partial charge in [-0.1, -0.05) is 24.3 Å². The van der Waals surface area contributed by atoms with Crippen molar-refractivity contribution in [2.45, 2.75) is 6.92 Å². The van der Waals surface area contributed by atoms with Gasteiger partial charge in [0, 0.05) is 29.9 Å². The molecule has 2 aromatic heterocycles. The first-order chi connectivity index (χ1) is 14.6. The number of pyridine rings is 2. The van der Waals surface area contributed by atoms with Crippen LogP contribution >= 0.6 is 0 Å². The van der Waals surface area contributed by atoms with Gasteiger partial charge < -0.3 is 16.0 Å². The molecule has 7 heteroatoms. The Morgan fingerprint density at radius 2 is 1.57 bits per heavy atom. The van der Waals surface area contributed by atoms with Crippen molar-refractivity contribution in [1.82, 2.24) is 9.97 Å². The summed E-state index contributed by atoms with van der Waals surface area (Å²) in [5.41, 5.74) is 3.93. The van der Waals surface area contributed by atoms with Gasteiger partial charge in [0.1, 0.15) is 5.69 Å². The number of hydrogen-bond acceptors (Lipinski definition) is 5. The van der Waals surface area contributed by atoms with E-state index in [1.807, 2.05) is 30.3 Å². The van der Waals surface area contributed by atoms with Crippen LogP contribution in [0.25, 0.3) is 10.9 Å². The Balaban J connectivity index is 1.47. The topological polar surface area (TPSA) is 96.0 Å². The van der Waals surface area contributed by atoms with Crippen LogP contribution in [0.5, 0.6) is 0 Å². The summed E-state index contributed by atoms with van der Waals surface area (Å²) in [5.74, 6) is -0.516. The van der Waals surface area contributed by atoms with E-state index in [2.05, 4.69) is 25.9 Å². The predicted octanol–water partition coefficient (Wildman–Crippen LogP) is 4.58. The van der Waals surface area contributed by atoms with Gasteiger partial charge in [-0.15, -0.1) is 0 Å². The molecule has 0 saturated heterocycles. The number of anilines is 4. The van der Waals surface area contributed by atoms with E-state index < -0.39 is 0 Å². The highest BCUT2D eigenvalue weighted by Gasteiger charge is 2.09. The number of carbonyl (C=O) groups excluding carboxylic acids is 2. The number of aromatic nitrogens is 2. The maximum Gasteiger partial charge on any atom is 0.274 e. The molecule has 0 aliphatic carbocycles. The third kappa shape index (κ3) is 4.41. The molecule has 0 saturated carbocycles. The predicted molar refractivity (Wildman–Crippen MR) is 118 cm³/mol. The summed E-state index contributed by atoms with van der Waals surface area (Å²) in [7, 11) is 0. The number of amides is 2. The highest BCUT2D eigenvalue weighted by atomic mass is 16.2. The van der Waals surface area contributed by atoms with Crippen LogP contribution in [0.4, 0.5) is 22.7 Å². The lowest BCUT2D eigenvalue weighted by Crippen LogP contribution is -2.14. The number of rotatable bonds is 5. The minimum atomic E-state index is -0.339. The summed E-state index contributed by atoms with van der Waals surface area (Å²) in [6.07, 6.45) is 3.35. The van der Waals surface area contributed by atoms with E-state index in [9.17, 15) is 9.59 Å². The monoisotopic (exact) mass is 397 g/mol. The first-order valence-corrected chi connectivity index (χ1v) is 9.34. The lowest BCUT2D eigenvalue weighted by atomic mass is 10.2. The van der Waals surface area contributed by atoms with Crippen LogP contribution in [0.15, 0.2) is 79.1 Å². The van der Waals surface area contributed by atoms with E-state index in [4.69, 9.17) is 0 Å². The molecule has 30 heavy (non-hydrogen) atoms. The molecule has 7 nitrogen and oxygen atoms in total. The molecule has 2 heterocycles. The molecule has 0 bridgehead atoms. The van der Waals surface area contributed by atoms with Crippen LogP contribution in [0, 0.1) is 0 Å². The third-order valence-electron chi connectivity index (χ3n) is 4.35. The molecule has 0 fully saturated rings. The van der Waals surface area contributed by atoms with Crippen molar-refractivity contribution in [2.75, 3.05) is 16.0 Å². The average molecular weight is 397 g/mol. The van der Waals surface area contributed by atoms with Gasteiger partial charge in [-0.3, -0.25) is 14.6 Å². The maximum atomic E-state index is 12.5. The molecule has 0 aliphatic heterocycles. The van der Waals surface area contributed by atoms with Gasteiger partial charge >= 0.3 is 0 Å². The van der Waals surface area contributed by atoms with Gasteiger partial charge in [0.05, 0.1) is 23.1 Å². The Morgan fingerprint density at radius 1 is 0.800 bits per heavy atom. The quantitative estimate of drug-likeness (QED) is 0.458. The average Bonchev–Trinajstić information content (AvgIpc) is 2.74. The molecular formula is C23H19N5O2. The van der Waals surface area contributed by atoms with E-state index in [0.29, 0.717) is 11.4 Å². The molecule has 4 rings (SSSR count). The minimum absolute atomic E-state index is 0.176. The van der Waals surface area contributed by atoms with Crippen molar-refractivity contribution in [1.29, 1.82) is 0 Å². The Morgan fingerprint density at radius 3 is 2.33 bits per heavy atom. The van der Waals surface area contributed by atoms with Crippen molar-refractivity contribution in [3.05, 3.63) is 84.8 Å². The highest BCUT2D eigenvalue weighted by molar-refractivity contribution is 6.03. The number of nitrogens with zero attached hydrogens (tertiary/aromatic N) is 2. The first kappa shape index (κ1) is 19.1. The van der Waals surface area contributed by atoms with E-state index in [1.54, 1.807) is 48.8 Å². The van der Waals surface area contributed by atoms with Gasteiger partial charge in [-0.2, -0.15) is 0 Å². The molecule has 2 aromatic carbocycles. The summed E-state index contributed by atoms with van der Waals surface area (Å²) >= 11 is 0. The number of para-hydroxylation sites is 1. The van der Waals surface area contributed by atoms with Crippen LogP contribution < -0.4 is 16.0 Å². The molecular weight excluding hydrogens is 378 g/mol. The van der Waals surface area contributed by atoms with E-state index in [0.717, 1.165) is 22.3 Å². The molecule has 0 atom stereocenters. The smallest absolute Gasteiger partial charge is 0.274 e. The van der Waals surface area contributed by atoms with E-state index in [-0.39, 0.29) is 17.5 Å². The van der Waals surface area contributed by atoms with Crippen molar-refractivity contribution in [3.8, 4) is 0 Å². The van der Waals surface area contributed by atoms with E-state index >= 15 is 0 Å². The van der Waals surface area contributed by atoms with Crippen LogP contribution in [-0.4, -0.2) is 21.8 Å². The Labute approximate surface area is 173 Å². The molecule has 148 valence electrons. The zero-order chi connectivity index (χ0) is 20.9. The second-order valence-electron chi connectivity index (χ2n) is 6.65. The van der Waals surface area contributed by atoms with E-state index in [1.165, 1.54) is 6.92 Å². The molecule has 0 radical (unpaired) electrons. The highest BCUT2D eigenvalue weighted by Crippen LogP contribution is 2.24. The van der Waals surface area contributed by atoms with Crippen LogP contribution in [0.1, 0.15) is 17.4 Å². The number of hydrogen-bond donors (Lipinski definition) is 3. The Kier molecular flexibility index (Phi) is 5.34. The first-order valence-electron chi connectivity index (χ1n) is 9.34. The normalized spacial score (nSPS) is 10.4. The Hall–Kier alpha value is -4.26. The molecule has 4 aromatic rings. The second kappa shape index (κ2) is 8.40. The zero-order valence-corrected chi connectivity index (χ0v) is 16.2. The number of benzene rings is 2. The fourth-order valence-corrected chi connectivity index (χ4v) is 3.04. The van der Waals surface area contributed by atoms with Crippen molar-refractivity contribution < 1.29 is 9.59 Å². The van der Waals surface area contributed by atoms with Crippen LogP contribution in [-0.2, 0) is 4.79 Å². The summed E-state index contributed by atoms with van der Waals surface area (Å²) in [6.45, 7) is 1.43. The number of fused-ring (bicyclic) bond motifs is 1. The lowest BCUT2D eigenvalue weighted by molar-refractivity contribution is -0.114. The van der Waals surface area contributed by atoms with Gasteiger partial charge in [-0.05, 0) is 42.5 Å². The molecule has 2 amide bonds. The van der Waals surface area contributed by atoms with Crippen molar-refractivity contribution >= 4 is 45.5 Å². The van der Waals surface area contributed by atoms with Crippen LogP contribution in [0.2, 0.25) is 0 Å². The molecule has 0 spiro atoms. The fourth-order valence-electron chi connectivity index (χ4n) is 3.04. The standard InChI is InChI=1S/C23H19N5O2/c1-15(29)26-17-7-3-8-18(13-17)28-23(30)21-11-10-19(14-25-21)27-20-9-2-5-16-6-4-12-24-22(16)20/h2-14,27H,1H3,(H,26,29)(H,28,30). The third-order valence-corrected chi connectivity index (χ3v) is 4.35. The summed E-state index contributed by atoms with van der Waals surface area (Å²) in [6, 6.07) is 20.2. The lowest BCUT2D eigenvalue weighted by Gasteiger charge is -2.10. The van der Waals surface area contributed by atoms with Gasteiger partial charge in [0.25, 0.3) is 5.91 Å². The zero-order valence-electron chi connectivity index (χ0n) is 16.2. The summed E-state index contributed by atoms with van der Waals surface area (Å²) in [4.78, 5) is 32.4. The van der Waals surface area contributed by atoms with Crippen LogP contribution in [0.3, 0.4) is 0 Å². The fraction of sp³-hybridized carbons (Fsp3) is 0.0435. The SMILES string of the molecule is CC(=O)Nc1cccc(NC(=O)c2ccc(Nc3cccc4cccnc34)cn2)c1.